The van der Waals surface area contributed by atoms with Crippen LogP contribution >= 0.6 is 0 Å². The van der Waals surface area contributed by atoms with Gasteiger partial charge in [0.15, 0.2) is 11.5 Å². The molecule has 1 aromatic carbocycles. The minimum absolute atomic E-state index is 0.237. The van der Waals surface area contributed by atoms with Crippen LogP contribution in [0.4, 0.5) is 0 Å². The third-order valence-electron chi connectivity index (χ3n) is 2.73. The number of hydrogen-bond donors (Lipinski definition) is 1. The first-order valence-electron chi connectivity index (χ1n) is 5.52. The summed E-state index contributed by atoms with van der Waals surface area (Å²) in [5.41, 5.74) is 2.29. The highest BCUT2D eigenvalue weighted by Crippen LogP contribution is 2.34. The number of H-pyrrole nitrogens is 1. The van der Waals surface area contributed by atoms with Crippen LogP contribution < -0.4 is 9.47 Å². The number of fused-ring (bicyclic) bond motifs is 1. The van der Waals surface area contributed by atoms with E-state index in [-0.39, 0.29) is 6.79 Å². The van der Waals surface area contributed by atoms with Crippen molar-refractivity contribution in [3.8, 4) is 17.6 Å². The van der Waals surface area contributed by atoms with Crippen LogP contribution in [0.5, 0.6) is 11.5 Å². The van der Waals surface area contributed by atoms with Gasteiger partial charge in [-0.05, 0) is 42.0 Å². The third kappa shape index (κ3) is 1.82. The molecule has 3 rings (SSSR count). The molecule has 1 N–H and O–H groups in total. The topological polar surface area (TPSA) is 58.0 Å². The zero-order valence-corrected chi connectivity index (χ0v) is 9.51. The Morgan fingerprint density at radius 3 is 2.94 bits per heavy atom. The number of aromatic amines is 1. The Morgan fingerprint density at radius 2 is 2.17 bits per heavy atom. The second-order valence-electron chi connectivity index (χ2n) is 3.86. The number of allylic oxidation sites excluding steroid dienone is 1. The summed E-state index contributed by atoms with van der Waals surface area (Å²) < 4.78 is 10.5. The standard InChI is InChI=1S/C14H10N2O2/c15-8-11(6-12-2-1-5-16-12)10-3-4-13-14(7-10)18-9-17-13/h1-7,16H,9H2. The Labute approximate surface area is 104 Å². The van der Waals surface area contributed by atoms with Crippen LogP contribution in [-0.4, -0.2) is 11.8 Å². The van der Waals surface area contributed by atoms with Gasteiger partial charge in [-0.3, -0.25) is 0 Å². The number of nitrogens with zero attached hydrogens (tertiary/aromatic N) is 1. The van der Waals surface area contributed by atoms with Gasteiger partial charge >= 0.3 is 0 Å². The highest BCUT2D eigenvalue weighted by atomic mass is 16.7. The fourth-order valence-corrected chi connectivity index (χ4v) is 1.83. The molecule has 0 fully saturated rings. The molecule has 0 aliphatic carbocycles. The van der Waals surface area contributed by atoms with Gasteiger partial charge in [0.25, 0.3) is 0 Å². The normalized spacial score (nSPS) is 13.4. The lowest BCUT2D eigenvalue weighted by atomic mass is 10.1. The number of ether oxygens (including phenoxy) is 2. The SMILES string of the molecule is N#CC(=Cc1ccc[nH]1)c1ccc2c(c1)OCO2. The molecule has 4 heteroatoms. The van der Waals surface area contributed by atoms with E-state index in [0.29, 0.717) is 11.3 Å². The quantitative estimate of drug-likeness (QED) is 0.818. The number of benzene rings is 1. The predicted molar refractivity (Wildman–Crippen MR) is 66.8 cm³/mol. The van der Waals surface area contributed by atoms with E-state index in [1.807, 2.05) is 36.5 Å². The van der Waals surface area contributed by atoms with Gasteiger partial charge in [0.05, 0.1) is 11.6 Å². The summed E-state index contributed by atoms with van der Waals surface area (Å²) in [6, 6.07) is 11.5. The molecular formula is C14H10N2O2. The molecule has 2 aromatic rings. The van der Waals surface area contributed by atoms with Crippen LogP contribution in [0.15, 0.2) is 36.5 Å². The van der Waals surface area contributed by atoms with Crippen molar-refractivity contribution in [1.29, 1.82) is 5.26 Å². The van der Waals surface area contributed by atoms with E-state index >= 15 is 0 Å². The van der Waals surface area contributed by atoms with Gasteiger partial charge in [0.2, 0.25) is 6.79 Å². The molecule has 4 nitrogen and oxygen atoms in total. The van der Waals surface area contributed by atoms with Crippen LogP contribution in [0.1, 0.15) is 11.3 Å². The first kappa shape index (κ1) is 10.5. The molecule has 0 radical (unpaired) electrons. The highest BCUT2D eigenvalue weighted by molar-refractivity contribution is 5.89. The van der Waals surface area contributed by atoms with E-state index in [4.69, 9.17) is 9.47 Å². The lowest BCUT2D eigenvalue weighted by Gasteiger charge is -2.01. The van der Waals surface area contributed by atoms with Gasteiger partial charge in [-0.15, -0.1) is 0 Å². The maximum absolute atomic E-state index is 9.22. The van der Waals surface area contributed by atoms with Crippen LogP contribution in [0.2, 0.25) is 0 Å². The Bertz CT molecular complexity index is 636. The first-order chi connectivity index (χ1) is 8.86. The zero-order chi connectivity index (χ0) is 12.4. The van der Waals surface area contributed by atoms with Crippen molar-refractivity contribution < 1.29 is 9.47 Å². The van der Waals surface area contributed by atoms with Crippen molar-refractivity contribution in [3.05, 3.63) is 47.8 Å². The molecule has 0 bridgehead atoms. The van der Waals surface area contributed by atoms with E-state index in [2.05, 4.69) is 11.1 Å². The number of rotatable bonds is 2. The maximum atomic E-state index is 9.22. The summed E-state index contributed by atoms with van der Waals surface area (Å²) in [7, 11) is 0. The fraction of sp³-hybridized carbons (Fsp3) is 0.0714. The summed E-state index contributed by atoms with van der Waals surface area (Å²) in [4.78, 5) is 3.04. The summed E-state index contributed by atoms with van der Waals surface area (Å²) in [6.07, 6.45) is 3.62. The van der Waals surface area contributed by atoms with Crippen molar-refractivity contribution in [2.24, 2.45) is 0 Å². The molecule has 0 saturated heterocycles. The van der Waals surface area contributed by atoms with E-state index in [1.165, 1.54) is 0 Å². The van der Waals surface area contributed by atoms with Gasteiger partial charge in [-0.25, -0.2) is 0 Å². The summed E-state index contributed by atoms with van der Waals surface area (Å²) in [6.45, 7) is 0.237. The summed E-state index contributed by atoms with van der Waals surface area (Å²) in [5, 5.41) is 9.22. The van der Waals surface area contributed by atoms with Crippen molar-refractivity contribution in [2.45, 2.75) is 0 Å². The van der Waals surface area contributed by atoms with Gasteiger partial charge in [-0.1, -0.05) is 0 Å². The Kier molecular flexibility index (Phi) is 2.50. The van der Waals surface area contributed by atoms with Gasteiger partial charge < -0.3 is 14.5 Å². The first-order valence-corrected chi connectivity index (χ1v) is 5.52. The second-order valence-corrected chi connectivity index (χ2v) is 3.86. The number of nitriles is 1. The molecule has 1 aromatic heterocycles. The summed E-state index contributed by atoms with van der Waals surface area (Å²) in [5.74, 6) is 1.40. The monoisotopic (exact) mass is 238 g/mol. The number of nitrogens with one attached hydrogen (secondary N) is 1. The molecule has 0 saturated carbocycles. The third-order valence-corrected chi connectivity index (χ3v) is 2.73. The molecule has 0 spiro atoms. The minimum atomic E-state index is 0.237. The van der Waals surface area contributed by atoms with E-state index in [1.54, 1.807) is 6.08 Å². The lowest BCUT2D eigenvalue weighted by Crippen LogP contribution is -1.92. The van der Waals surface area contributed by atoms with Crippen molar-refractivity contribution in [1.82, 2.24) is 4.98 Å². The van der Waals surface area contributed by atoms with Crippen molar-refractivity contribution >= 4 is 11.6 Å². The maximum Gasteiger partial charge on any atom is 0.231 e. The molecule has 1 aliphatic heterocycles. The molecular weight excluding hydrogens is 228 g/mol. The smallest absolute Gasteiger partial charge is 0.231 e. The molecule has 88 valence electrons. The Balaban J connectivity index is 2.00. The molecule has 18 heavy (non-hydrogen) atoms. The average molecular weight is 238 g/mol. The Hall–Kier alpha value is -2.67. The van der Waals surface area contributed by atoms with Crippen molar-refractivity contribution in [3.63, 3.8) is 0 Å². The number of hydrogen-bond acceptors (Lipinski definition) is 3. The second kappa shape index (κ2) is 4.30. The van der Waals surface area contributed by atoms with Gasteiger partial charge in [0, 0.05) is 11.9 Å². The van der Waals surface area contributed by atoms with E-state index in [9.17, 15) is 5.26 Å². The van der Waals surface area contributed by atoms with Crippen LogP contribution in [0.25, 0.3) is 11.6 Å². The van der Waals surface area contributed by atoms with Crippen LogP contribution in [-0.2, 0) is 0 Å². The zero-order valence-electron chi connectivity index (χ0n) is 9.51. The molecule has 0 unspecified atom stereocenters. The fourth-order valence-electron chi connectivity index (χ4n) is 1.83. The highest BCUT2D eigenvalue weighted by Gasteiger charge is 2.14. The van der Waals surface area contributed by atoms with Crippen molar-refractivity contribution in [2.75, 3.05) is 6.79 Å². The van der Waals surface area contributed by atoms with Crippen LogP contribution in [0.3, 0.4) is 0 Å². The number of aromatic nitrogens is 1. The lowest BCUT2D eigenvalue weighted by molar-refractivity contribution is 0.174. The van der Waals surface area contributed by atoms with E-state index in [0.717, 1.165) is 17.0 Å². The predicted octanol–water partition coefficient (Wildman–Crippen LogP) is 2.81. The van der Waals surface area contributed by atoms with Crippen LogP contribution in [0, 0.1) is 11.3 Å². The Morgan fingerprint density at radius 1 is 1.28 bits per heavy atom. The molecule has 0 amide bonds. The average Bonchev–Trinajstić information content (AvgIpc) is 3.06. The molecule has 1 aliphatic rings. The largest absolute Gasteiger partial charge is 0.454 e. The van der Waals surface area contributed by atoms with Gasteiger partial charge in [-0.2, -0.15) is 5.26 Å². The van der Waals surface area contributed by atoms with Gasteiger partial charge in [0.1, 0.15) is 0 Å². The molecule has 0 atom stereocenters. The summed E-state index contributed by atoms with van der Waals surface area (Å²) >= 11 is 0. The molecule has 2 heterocycles. The minimum Gasteiger partial charge on any atom is -0.454 e. The van der Waals surface area contributed by atoms with E-state index < -0.39 is 0 Å².